The first-order valence-corrected chi connectivity index (χ1v) is 4.96. The molecule has 1 aliphatic heterocycles. The molecule has 0 spiro atoms. The van der Waals surface area contributed by atoms with Crippen LogP contribution in [0.2, 0.25) is 0 Å². The van der Waals surface area contributed by atoms with Crippen LogP contribution in [-0.2, 0) is 13.1 Å². The summed E-state index contributed by atoms with van der Waals surface area (Å²) in [5, 5.41) is 7.11. The van der Waals surface area contributed by atoms with Gasteiger partial charge >= 0.3 is 0 Å². The number of nitrogens with zero attached hydrogens (tertiary/aromatic N) is 2. The summed E-state index contributed by atoms with van der Waals surface area (Å²) < 4.78 is 0. The Morgan fingerprint density at radius 1 is 1.00 bits per heavy atom. The minimum absolute atomic E-state index is 0.623. The second-order valence-electron chi connectivity index (χ2n) is 3.84. The molecule has 0 radical (unpaired) electrons. The predicted octanol–water partition coefficient (Wildman–Crippen LogP) is 2.84. The zero-order valence-corrected chi connectivity index (χ0v) is 8.18. The van der Waals surface area contributed by atoms with Crippen LogP contribution in [0.4, 0.5) is 0 Å². The van der Waals surface area contributed by atoms with Crippen LogP contribution >= 0.6 is 0 Å². The zero-order chi connectivity index (χ0) is 10.3. The van der Waals surface area contributed by atoms with Gasteiger partial charge in [0.25, 0.3) is 0 Å². The number of rotatable bonds is 1. The summed E-state index contributed by atoms with van der Waals surface area (Å²) in [5.74, 6) is 0. The van der Waals surface area contributed by atoms with Crippen LogP contribution in [0, 0.1) is 4.91 Å². The molecule has 1 heterocycles. The molecule has 0 atom stereocenters. The van der Waals surface area contributed by atoms with Gasteiger partial charge in [0.2, 0.25) is 0 Å². The summed E-state index contributed by atoms with van der Waals surface area (Å²) in [5.41, 5.74) is 2.38. The Balaban J connectivity index is 2.31. The Kier molecular flexibility index (Phi) is 1.71. The highest BCUT2D eigenvalue weighted by atomic mass is 16.3. The Hall–Kier alpha value is -1.90. The zero-order valence-electron chi connectivity index (χ0n) is 8.18. The van der Waals surface area contributed by atoms with E-state index in [9.17, 15) is 4.91 Å². The molecule has 15 heavy (non-hydrogen) atoms. The van der Waals surface area contributed by atoms with Gasteiger partial charge in [-0.05, 0) is 21.9 Å². The summed E-state index contributed by atoms with van der Waals surface area (Å²) in [4.78, 5) is 10.6. The molecule has 0 saturated carbocycles. The molecule has 2 aromatic carbocycles. The van der Waals surface area contributed by atoms with Crippen molar-refractivity contribution in [3.63, 3.8) is 0 Å². The third-order valence-corrected chi connectivity index (χ3v) is 2.90. The second-order valence-corrected chi connectivity index (χ2v) is 3.84. The van der Waals surface area contributed by atoms with Crippen LogP contribution in [0.5, 0.6) is 0 Å². The molecule has 2 aromatic rings. The lowest BCUT2D eigenvalue weighted by Gasteiger charge is -2.23. The molecule has 0 unspecified atom stereocenters. The van der Waals surface area contributed by atoms with Gasteiger partial charge in [-0.15, -0.1) is 4.91 Å². The third-order valence-electron chi connectivity index (χ3n) is 2.90. The molecule has 0 aliphatic carbocycles. The molecule has 0 bridgehead atoms. The van der Waals surface area contributed by atoms with Crippen molar-refractivity contribution in [3.05, 3.63) is 52.4 Å². The first-order chi connectivity index (χ1) is 7.38. The van der Waals surface area contributed by atoms with Crippen LogP contribution in [0.3, 0.4) is 0 Å². The Bertz CT molecular complexity index is 495. The van der Waals surface area contributed by atoms with Gasteiger partial charge < -0.3 is 0 Å². The monoisotopic (exact) mass is 198 g/mol. The molecule has 0 amide bonds. The molecule has 74 valence electrons. The van der Waals surface area contributed by atoms with E-state index in [1.165, 1.54) is 21.9 Å². The van der Waals surface area contributed by atoms with E-state index in [0.29, 0.717) is 13.1 Å². The maximum absolute atomic E-state index is 10.6. The fraction of sp³-hybridized carbons (Fsp3) is 0.167. The molecule has 1 aliphatic rings. The summed E-state index contributed by atoms with van der Waals surface area (Å²) >= 11 is 0. The maximum Gasteiger partial charge on any atom is 0.0652 e. The lowest BCUT2D eigenvalue weighted by Crippen LogP contribution is -2.20. The highest BCUT2D eigenvalue weighted by Crippen LogP contribution is 2.29. The molecule has 0 N–H and O–H groups in total. The molecule has 0 fully saturated rings. The number of benzene rings is 2. The van der Waals surface area contributed by atoms with E-state index in [0.717, 1.165) is 0 Å². The Labute approximate surface area is 87.3 Å². The molecule has 3 heteroatoms. The van der Waals surface area contributed by atoms with Gasteiger partial charge in [-0.25, -0.2) is 0 Å². The van der Waals surface area contributed by atoms with E-state index >= 15 is 0 Å². The maximum atomic E-state index is 10.6. The van der Waals surface area contributed by atoms with Crippen LogP contribution in [-0.4, -0.2) is 5.01 Å². The smallest absolute Gasteiger partial charge is 0.0652 e. The third kappa shape index (κ3) is 1.20. The number of nitroso groups, excluding NO2 is 1. The van der Waals surface area contributed by atoms with Crippen molar-refractivity contribution in [2.45, 2.75) is 13.1 Å². The van der Waals surface area contributed by atoms with Crippen molar-refractivity contribution in [1.82, 2.24) is 5.01 Å². The van der Waals surface area contributed by atoms with Crippen LogP contribution in [0.15, 0.2) is 41.7 Å². The summed E-state index contributed by atoms with van der Waals surface area (Å²) in [6.45, 7) is 1.25. The SMILES string of the molecule is O=NN1Cc2cccc3cccc(c23)C1. The molecular formula is C12H10N2O. The lowest BCUT2D eigenvalue weighted by molar-refractivity contribution is 0.262. The van der Waals surface area contributed by atoms with Crippen molar-refractivity contribution in [2.24, 2.45) is 5.29 Å². The summed E-state index contributed by atoms with van der Waals surface area (Å²) in [7, 11) is 0. The van der Waals surface area contributed by atoms with E-state index in [1.54, 1.807) is 5.01 Å². The quantitative estimate of drug-likeness (QED) is 0.660. The highest BCUT2D eigenvalue weighted by molar-refractivity contribution is 5.89. The minimum Gasteiger partial charge on any atom is -0.252 e. The Morgan fingerprint density at radius 3 is 2.13 bits per heavy atom. The van der Waals surface area contributed by atoms with Crippen LogP contribution in [0.25, 0.3) is 10.8 Å². The van der Waals surface area contributed by atoms with Gasteiger partial charge in [-0.3, -0.25) is 5.01 Å². The van der Waals surface area contributed by atoms with Crippen molar-refractivity contribution in [1.29, 1.82) is 0 Å². The van der Waals surface area contributed by atoms with E-state index < -0.39 is 0 Å². The van der Waals surface area contributed by atoms with Crippen molar-refractivity contribution < 1.29 is 0 Å². The predicted molar refractivity (Wildman–Crippen MR) is 59.0 cm³/mol. The van der Waals surface area contributed by atoms with Crippen molar-refractivity contribution in [3.8, 4) is 0 Å². The first kappa shape index (κ1) is 8.41. The lowest BCUT2D eigenvalue weighted by atomic mass is 9.96. The first-order valence-electron chi connectivity index (χ1n) is 4.96. The van der Waals surface area contributed by atoms with Gasteiger partial charge in [0.15, 0.2) is 0 Å². The van der Waals surface area contributed by atoms with E-state index in [4.69, 9.17) is 0 Å². The van der Waals surface area contributed by atoms with Crippen molar-refractivity contribution in [2.75, 3.05) is 0 Å². The van der Waals surface area contributed by atoms with E-state index in [-0.39, 0.29) is 0 Å². The average molecular weight is 198 g/mol. The fourth-order valence-corrected chi connectivity index (χ4v) is 2.27. The molecule has 0 aromatic heterocycles. The highest BCUT2D eigenvalue weighted by Gasteiger charge is 2.17. The minimum atomic E-state index is 0.623. The van der Waals surface area contributed by atoms with Gasteiger partial charge in [0, 0.05) is 0 Å². The van der Waals surface area contributed by atoms with Gasteiger partial charge in [-0.1, -0.05) is 36.4 Å². The van der Waals surface area contributed by atoms with Gasteiger partial charge in [0.1, 0.15) is 0 Å². The number of hydrogen-bond acceptors (Lipinski definition) is 2. The Morgan fingerprint density at radius 2 is 1.60 bits per heavy atom. The number of hydrogen-bond donors (Lipinski definition) is 0. The van der Waals surface area contributed by atoms with E-state index in [2.05, 4.69) is 29.6 Å². The average Bonchev–Trinajstić information content (AvgIpc) is 2.29. The largest absolute Gasteiger partial charge is 0.252 e. The van der Waals surface area contributed by atoms with Crippen molar-refractivity contribution >= 4 is 10.8 Å². The van der Waals surface area contributed by atoms with Crippen LogP contribution in [0.1, 0.15) is 11.1 Å². The van der Waals surface area contributed by atoms with Crippen LogP contribution < -0.4 is 0 Å². The summed E-state index contributed by atoms with van der Waals surface area (Å²) in [6.07, 6.45) is 0. The molecule has 3 nitrogen and oxygen atoms in total. The van der Waals surface area contributed by atoms with Gasteiger partial charge in [0.05, 0.1) is 18.4 Å². The molecule has 3 rings (SSSR count). The molecular weight excluding hydrogens is 188 g/mol. The second kappa shape index (κ2) is 3.05. The fourth-order valence-electron chi connectivity index (χ4n) is 2.27. The van der Waals surface area contributed by atoms with E-state index in [1.807, 2.05) is 12.1 Å². The van der Waals surface area contributed by atoms with Gasteiger partial charge in [-0.2, -0.15) is 0 Å². The summed E-state index contributed by atoms with van der Waals surface area (Å²) in [6, 6.07) is 12.4. The molecule has 0 saturated heterocycles. The topological polar surface area (TPSA) is 32.7 Å². The normalized spacial score (nSPS) is 14.3. The standard InChI is InChI=1S/C12H10N2O/c15-13-14-7-10-5-1-3-9-4-2-6-11(8-14)12(9)10/h1-6H,7-8H2.